The Morgan fingerprint density at radius 1 is 1.13 bits per heavy atom. The average Bonchev–Trinajstić information content (AvgIpc) is 3.27. The highest BCUT2D eigenvalue weighted by Crippen LogP contribution is 2.31. The number of carbonyl (C=O) groups is 4. The average molecular weight is 428 g/mol. The van der Waals surface area contributed by atoms with Crippen LogP contribution in [0.4, 0.5) is 5.69 Å². The molecule has 156 valence electrons. The fraction of sp³-hybridized carbons (Fsp3) is 0.333. The summed E-state index contributed by atoms with van der Waals surface area (Å²) in [6, 6.07) is 8.25. The van der Waals surface area contributed by atoms with Crippen LogP contribution in [0.5, 0.6) is 5.75 Å². The highest BCUT2D eigenvalue weighted by Gasteiger charge is 2.30. The lowest BCUT2D eigenvalue weighted by Gasteiger charge is -2.31. The second-order valence-corrected chi connectivity index (χ2v) is 8.22. The molecule has 0 radical (unpaired) electrons. The number of rotatable bonds is 4. The zero-order valence-electron chi connectivity index (χ0n) is 16.3. The molecule has 4 rings (SSSR count). The fourth-order valence-corrected chi connectivity index (χ4v) is 4.53. The molecule has 0 aliphatic carbocycles. The van der Waals surface area contributed by atoms with Crippen molar-refractivity contribution in [2.45, 2.75) is 12.8 Å². The van der Waals surface area contributed by atoms with E-state index in [4.69, 9.17) is 4.74 Å². The van der Waals surface area contributed by atoms with Crippen molar-refractivity contribution in [3.8, 4) is 5.75 Å². The number of ether oxygens (including phenoxy) is 2. The van der Waals surface area contributed by atoms with E-state index >= 15 is 0 Å². The molecule has 2 aliphatic rings. The van der Waals surface area contributed by atoms with Gasteiger partial charge in [-0.25, -0.2) is 4.79 Å². The number of benzene rings is 1. The number of ketones is 1. The number of Topliss-reactive ketones (excluding diaryl/α,β-unsaturated/α-hetero) is 1. The number of fused-ring (bicyclic) bond motifs is 1. The third-order valence-corrected chi connectivity index (χ3v) is 6.31. The first-order valence-corrected chi connectivity index (χ1v) is 10.4. The van der Waals surface area contributed by atoms with E-state index in [1.165, 1.54) is 7.11 Å². The lowest BCUT2D eigenvalue weighted by Crippen LogP contribution is -2.40. The number of thiophene rings is 1. The van der Waals surface area contributed by atoms with E-state index < -0.39 is 5.97 Å². The first-order chi connectivity index (χ1) is 14.5. The van der Waals surface area contributed by atoms with Gasteiger partial charge in [-0.2, -0.15) is 0 Å². The van der Waals surface area contributed by atoms with Crippen molar-refractivity contribution in [3.63, 3.8) is 0 Å². The Morgan fingerprint density at radius 3 is 2.60 bits per heavy atom. The van der Waals surface area contributed by atoms with Gasteiger partial charge < -0.3 is 19.7 Å². The quantitative estimate of drug-likeness (QED) is 0.593. The summed E-state index contributed by atoms with van der Waals surface area (Å²) in [5.74, 6) is -0.503. The van der Waals surface area contributed by atoms with Gasteiger partial charge in [0.2, 0.25) is 0 Å². The number of nitrogens with one attached hydrogen (secondary N) is 1. The molecule has 9 heteroatoms. The molecule has 0 bridgehead atoms. The number of likely N-dealkylation sites (tertiary alicyclic amines) is 1. The molecule has 0 saturated carbocycles. The van der Waals surface area contributed by atoms with Gasteiger partial charge in [-0.15, -0.1) is 11.3 Å². The number of nitrogens with zero attached hydrogens (tertiary/aromatic N) is 1. The Balaban J connectivity index is 1.38. The maximum Gasteiger partial charge on any atom is 0.348 e. The van der Waals surface area contributed by atoms with Crippen molar-refractivity contribution in [2.24, 2.45) is 5.92 Å². The number of anilines is 1. The molecule has 1 fully saturated rings. The Labute approximate surface area is 176 Å². The minimum Gasteiger partial charge on any atom is -0.482 e. The third kappa shape index (κ3) is 3.93. The predicted molar refractivity (Wildman–Crippen MR) is 109 cm³/mol. The predicted octanol–water partition coefficient (Wildman–Crippen LogP) is 2.60. The van der Waals surface area contributed by atoms with Gasteiger partial charge in [0.25, 0.3) is 11.8 Å². The van der Waals surface area contributed by atoms with E-state index in [1.54, 1.807) is 35.2 Å². The van der Waals surface area contributed by atoms with Crippen molar-refractivity contribution in [2.75, 3.05) is 32.1 Å². The van der Waals surface area contributed by atoms with Crippen LogP contribution < -0.4 is 10.1 Å². The van der Waals surface area contributed by atoms with E-state index in [9.17, 15) is 19.2 Å². The van der Waals surface area contributed by atoms with Crippen LogP contribution in [0.2, 0.25) is 0 Å². The second-order valence-electron chi connectivity index (χ2n) is 7.13. The van der Waals surface area contributed by atoms with Crippen molar-refractivity contribution < 1.29 is 28.7 Å². The third-order valence-electron chi connectivity index (χ3n) is 5.25. The summed E-state index contributed by atoms with van der Waals surface area (Å²) in [6.45, 7) is 0.898. The van der Waals surface area contributed by atoms with E-state index in [2.05, 4.69) is 10.1 Å². The molecule has 0 unspecified atom stereocenters. The van der Waals surface area contributed by atoms with Gasteiger partial charge in [0.1, 0.15) is 10.6 Å². The molecule has 2 aliphatic heterocycles. The lowest BCUT2D eigenvalue weighted by atomic mass is 9.88. The summed E-state index contributed by atoms with van der Waals surface area (Å²) >= 11 is 1.11. The normalized spacial score (nSPS) is 16.3. The second kappa shape index (κ2) is 8.27. The minimum atomic E-state index is -0.463. The van der Waals surface area contributed by atoms with Crippen LogP contribution in [-0.2, 0) is 9.53 Å². The molecule has 1 aromatic carbocycles. The van der Waals surface area contributed by atoms with E-state index in [0.717, 1.165) is 11.3 Å². The van der Waals surface area contributed by atoms with E-state index in [-0.39, 0.29) is 30.1 Å². The Kier molecular flexibility index (Phi) is 5.54. The molecule has 2 amide bonds. The number of esters is 1. The fourth-order valence-electron chi connectivity index (χ4n) is 3.64. The molecule has 1 N–H and O–H groups in total. The van der Waals surface area contributed by atoms with Gasteiger partial charge in [0.15, 0.2) is 12.4 Å². The number of amides is 2. The monoisotopic (exact) mass is 428 g/mol. The Bertz CT molecular complexity index is 1020. The smallest absolute Gasteiger partial charge is 0.348 e. The van der Waals surface area contributed by atoms with Crippen LogP contribution in [-0.4, -0.2) is 55.3 Å². The zero-order valence-corrected chi connectivity index (χ0v) is 17.1. The molecule has 8 nitrogen and oxygen atoms in total. The Morgan fingerprint density at radius 2 is 1.87 bits per heavy atom. The molecule has 1 saturated heterocycles. The van der Waals surface area contributed by atoms with Crippen LogP contribution in [0.3, 0.4) is 0 Å². The standard InChI is InChI=1S/C21H20N2O6S/c1-28-21(27)17-5-4-16(30-17)20(26)23-8-6-12(7-9-23)19(25)13-2-3-15-14(10-13)22-18(24)11-29-15/h2-5,10,12H,6-9,11H2,1H3,(H,22,24). The number of piperidine rings is 1. The summed E-state index contributed by atoms with van der Waals surface area (Å²) < 4.78 is 10.0. The number of methoxy groups -OCH3 is 1. The largest absolute Gasteiger partial charge is 0.482 e. The van der Waals surface area contributed by atoms with Crippen molar-refractivity contribution >= 4 is 40.6 Å². The summed E-state index contributed by atoms with van der Waals surface area (Å²) in [5, 5.41) is 2.71. The first-order valence-electron chi connectivity index (χ1n) is 9.54. The minimum absolute atomic E-state index is 0.00572. The molecule has 3 heterocycles. The van der Waals surface area contributed by atoms with Crippen LogP contribution in [0.15, 0.2) is 30.3 Å². The molecule has 1 aromatic heterocycles. The summed E-state index contributed by atoms with van der Waals surface area (Å²) in [4.78, 5) is 51.3. The van der Waals surface area contributed by atoms with Gasteiger partial charge in [-0.3, -0.25) is 14.4 Å². The molecule has 0 atom stereocenters. The van der Waals surface area contributed by atoms with Crippen LogP contribution >= 0.6 is 11.3 Å². The van der Waals surface area contributed by atoms with E-state index in [0.29, 0.717) is 52.7 Å². The Hall–Kier alpha value is -3.20. The number of carbonyl (C=O) groups excluding carboxylic acids is 4. The van der Waals surface area contributed by atoms with E-state index in [1.807, 2.05) is 0 Å². The van der Waals surface area contributed by atoms with Crippen molar-refractivity contribution in [1.82, 2.24) is 4.90 Å². The number of hydrogen-bond acceptors (Lipinski definition) is 7. The topological polar surface area (TPSA) is 102 Å². The molecule has 2 aromatic rings. The van der Waals surface area contributed by atoms with Crippen molar-refractivity contribution in [1.29, 1.82) is 0 Å². The highest BCUT2D eigenvalue weighted by atomic mass is 32.1. The molecular formula is C21H20N2O6S. The summed E-state index contributed by atoms with van der Waals surface area (Å²) in [6.07, 6.45) is 1.11. The summed E-state index contributed by atoms with van der Waals surface area (Å²) in [7, 11) is 1.30. The van der Waals surface area contributed by atoms with Gasteiger partial charge in [-0.1, -0.05) is 0 Å². The molecular weight excluding hydrogens is 408 g/mol. The highest BCUT2D eigenvalue weighted by molar-refractivity contribution is 7.15. The van der Waals surface area contributed by atoms with Crippen LogP contribution in [0.25, 0.3) is 0 Å². The van der Waals surface area contributed by atoms with Crippen LogP contribution in [0.1, 0.15) is 42.5 Å². The molecule has 0 spiro atoms. The zero-order chi connectivity index (χ0) is 21.3. The van der Waals surface area contributed by atoms with Crippen LogP contribution in [0, 0.1) is 5.92 Å². The van der Waals surface area contributed by atoms with Crippen molar-refractivity contribution in [3.05, 3.63) is 45.6 Å². The SMILES string of the molecule is COC(=O)c1ccc(C(=O)N2CCC(C(=O)c3ccc4c(c3)NC(=O)CO4)CC2)s1. The number of hydrogen-bond donors (Lipinski definition) is 1. The maximum atomic E-state index is 12.9. The maximum absolute atomic E-state index is 12.9. The molecule has 30 heavy (non-hydrogen) atoms. The van der Waals surface area contributed by atoms with Gasteiger partial charge in [0, 0.05) is 24.6 Å². The van der Waals surface area contributed by atoms with Gasteiger partial charge >= 0.3 is 5.97 Å². The first kappa shape index (κ1) is 20.1. The summed E-state index contributed by atoms with van der Waals surface area (Å²) in [5.41, 5.74) is 1.02. The van der Waals surface area contributed by atoms with Gasteiger partial charge in [0.05, 0.1) is 17.7 Å². The lowest BCUT2D eigenvalue weighted by molar-refractivity contribution is -0.118. The van der Waals surface area contributed by atoms with Gasteiger partial charge in [-0.05, 0) is 43.2 Å².